The van der Waals surface area contributed by atoms with Gasteiger partial charge in [0.25, 0.3) is 0 Å². The van der Waals surface area contributed by atoms with Gasteiger partial charge in [-0.25, -0.2) is 4.79 Å². The van der Waals surface area contributed by atoms with E-state index in [1.807, 2.05) is 12.2 Å². The average Bonchev–Trinajstić information content (AvgIpc) is 3.09. The Morgan fingerprint density at radius 3 is 2.35 bits per heavy atom. The Balaban J connectivity index is 1.85. The number of hydrogen-bond acceptors (Lipinski definition) is 3. The number of hydrogen-bond donors (Lipinski definition) is 3. The average molecular weight is 380 g/mol. The summed E-state index contributed by atoms with van der Waals surface area (Å²) in [7, 11) is 0. The third kappa shape index (κ3) is 2.76. The zero-order chi connectivity index (χ0) is 16.7. The van der Waals surface area contributed by atoms with E-state index >= 15 is 0 Å². The lowest BCUT2D eigenvalue weighted by Crippen LogP contribution is -2.36. The van der Waals surface area contributed by atoms with Crippen molar-refractivity contribution in [3.63, 3.8) is 0 Å². The van der Waals surface area contributed by atoms with Crippen LogP contribution in [-0.2, 0) is 9.59 Å². The fourth-order valence-electron chi connectivity index (χ4n) is 3.49. The zero-order valence-corrected chi connectivity index (χ0v) is 13.5. The quantitative estimate of drug-likeness (QED) is 0.697. The first-order valence-electron chi connectivity index (χ1n) is 7.13. The van der Waals surface area contributed by atoms with Gasteiger partial charge < -0.3 is 15.5 Å². The molecule has 0 spiro atoms. The molecule has 0 saturated heterocycles. The minimum atomic E-state index is -1.10. The van der Waals surface area contributed by atoms with E-state index in [9.17, 15) is 19.5 Å². The smallest absolute Gasteiger partial charge is 0.335 e. The van der Waals surface area contributed by atoms with Crippen LogP contribution in [0, 0.1) is 23.7 Å². The maximum atomic E-state index is 12.6. The number of nitrogens with one attached hydrogen (secondary N) is 1. The fraction of sp³-hybridized carbons (Fsp3) is 0.312. The molecule has 23 heavy (non-hydrogen) atoms. The molecule has 2 bridgehead atoms. The van der Waals surface area contributed by atoms with Gasteiger partial charge in [0.1, 0.15) is 0 Å². The number of aromatic carboxylic acids is 1. The second-order valence-electron chi connectivity index (χ2n) is 5.83. The van der Waals surface area contributed by atoms with E-state index in [0.29, 0.717) is 16.6 Å². The first kappa shape index (κ1) is 15.7. The van der Waals surface area contributed by atoms with E-state index in [1.54, 1.807) is 0 Å². The van der Waals surface area contributed by atoms with Crippen LogP contribution in [0.1, 0.15) is 16.8 Å². The molecule has 0 unspecified atom stereocenters. The summed E-state index contributed by atoms with van der Waals surface area (Å²) in [4.78, 5) is 35.1. The summed E-state index contributed by atoms with van der Waals surface area (Å²) in [5, 5.41) is 21.1. The van der Waals surface area contributed by atoms with Crippen LogP contribution in [0.3, 0.4) is 0 Å². The number of carbonyl (C=O) groups is 3. The van der Waals surface area contributed by atoms with Gasteiger partial charge in [-0.15, -0.1) is 0 Å². The number of halogens is 1. The van der Waals surface area contributed by atoms with Crippen molar-refractivity contribution in [2.24, 2.45) is 23.7 Å². The summed E-state index contributed by atoms with van der Waals surface area (Å²) in [6, 6.07) is 4.31. The molecule has 0 radical (unpaired) electrons. The molecule has 0 aromatic heterocycles. The van der Waals surface area contributed by atoms with Gasteiger partial charge in [0.15, 0.2) is 0 Å². The van der Waals surface area contributed by atoms with E-state index in [1.165, 1.54) is 18.2 Å². The number of carbonyl (C=O) groups excluding carboxylic acids is 1. The third-order valence-electron chi connectivity index (χ3n) is 4.52. The molecule has 7 heteroatoms. The van der Waals surface area contributed by atoms with E-state index < -0.39 is 29.7 Å². The number of amides is 1. The summed E-state index contributed by atoms with van der Waals surface area (Å²) >= 11 is 3.26. The summed E-state index contributed by atoms with van der Waals surface area (Å²) in [6.07, 6.45) is 4.44. The van der Waals surface area contributed by atoms with E-state index in [4.69, 9.17) is 5.11 Å². The maximum absolute atomic E-state index is 12.6. The molecule has 3 N–H and O–H groups in total. The van der Waals surface area contributed by atoms with Crippen LogP contribution >= 0.6 is 15.9 Å². The van der Waals surface area contributed by atoms with Crippen molar-refractivity contribution in [1.82, 2.24) is 0 Å². The number of anilines is 1. The summed E-state index contributed by atoms with van der Waals surface area (Å²) in [5.41, 5.74) is 0.372. The lowest BCUT2D eigenvalue weighted by Gasteiger charge is -2.24. The molecule has 1 amide bonds. The monoisotopic (exact) mass is 379 g/mol. The first-order chi connectivity index (χ1) is 10.9. The number of carboxylic acid groups (broad SMARTS) is 2. The van der Waals surface area contributed by atoms with Gasteiger partial charge in [-0.1, -0.05) is 12.2 Å². The van der Waals surface area contributed by atoms with Crippen LogP contribution in [-0.4, -0.2) is 28.1 Å². The largest absolute Gasteiger partial charge is 0.481 e. The van der Waals surface area contributed by atoms with Crippen molar-refractivity contribution < 1.29 is 24.6 Å². The summed E-state index contributed by atoms with van der Waals surface area (Å²) in [6.45, 7) is 0. The van der Waals surface area contributed by atoms with Crippen molar-refractivity contribution >= 4 is 39.5 Å². The Morgan fingerprint density at radius 2 is 1.74 bits per heavy atom. The van der Waals surface area contributed by atoms with Crippen LogP contribution in [0.25, 0.3) is 0 Å². The van der Waals surface area contributed by atoms with Crippen LogP contribution in [0.2, 0.25) is 0 Å². The molecular formula is C16H14BrNO5. The zero-order valence-electron chi connectivity index (χ0n) is 11.9. The lowest BCUT2D eigenvalue weighted by molar-refractivity contribution is -0.146. The highest BCUT2D eigenvalue weighted by molar-refractivity contribution is 9.10. The minimum absolute atomic E-state index is 0.0473. The van der Waals surface area contributed by atoms with Gasteiger partial charge >= 0.3 is 11.9 Å². The topological polar surface area (TPSA) is 104 Å². The van der Waals surface area contributed by atoms with Crippen molar-refractivity contribution in [1.29, 1.82) is 0 Å². The number of aliphatic carboxylic acids is 1. The number of rotatable bonds is 4. The molecule has 1 saturated carbocycles. The van der Waals surface area contributed by atoms with Gasteiger partial charge in [0.05, 0.1) is 23.1 Å². The standard InChI is InChI=1S/C16H14BrNO5/c17-10-4-3-9(15(20)21)6-11(10)18-14(19)12-7-1-2-8(5-7)13(12)16(22)23/h1-4,6-8,12-13H,5H2,(H,18,19)(H,20,21)(H,22,23)/t7-,8-,12+,13-/m0/s1. The number of allylic oxidation sites excluding steroid dienone is 2. The second-order valence-corrected chi connectivity index (χ2v) is 6.68. The number of carboxylic acids is 2. The number of benzene rings is 1. The van der Waals surface area contributed by atoms with Crippen molar-refractivity contribution in [3.8, 4) is 0 Å². The molecule has 2 aliphatic carbocycles. The van der Waals surface area contributed by atoms with Crippen LogP contribution < -0.4 is 5.32 Å². The molecule has 0 aliphatic heterocycles. The van der Waals surface area contributed by atoms with Crippen molar-refractivity contribution in [2.45, 2.75) is 6.42 Å². The summed E-state index contributed by atoms with van der Waals surface area (Å²) in [5.74, 6) is -4.02. The third-order valence-corrected chi connectivity index (χ3v) is 5.21. The highest BCUT2D eigenvalue weighted by Gasteiger charge is 2.51. The Morgan fingerprint density at radius 1 is 1.09 bits per heavy atom. The predicted molar refractivity (Wildman–Crippen MR) is 85.1 cm³/mol. The Hall–Kier alpha value is -2.15. The maximum Gasteiger partial charge on any atom is 0.335 e. The molecular weight excluding hydrogens is 366 g/mol. The Bertz CT molecular complexity index is 729. The van der Waals surface area contributed by atoms with Crippen molar-refractivity contribution in [3.05, 3.63) is 40.4 Å². The van der Waals surface area contributed by atoms with E-state index in [0.717, 1.165) is 0 Å². The molecule has 3 rings (SSSR count). The second kappa shape index (κ2) is 5.81. The van der Waals surface area contributed by atoms with Crippen LogP contribution in [0.4, 0.5) is 5.69 Å². The SMILES string of the molecule is O=C(O)c1ccc(Br)c(NC(=O)[C@H]2[C@@H](C(=O)O)[C@H]3C=C[C@H]2C3)c1. The van der Waals surface area contributed by atoms with Gasteiger partial charge in [0, 0.05) is 4.47 Å². The van der Waals surface area contributed by atoms with Crippen LogP contribution in [0.5, 0.6) is 0 Å². The molecule has 4 atom stereocenters. The molecule has 2 aliphatic rings. The molecule has 1 aromatic rings. The Labute approximate surface area is 140 Å². The minimum Gasteiger partial charge on any atom is -0.481 e. The van der Waals surface area contributed by atoms with E-state index in [-0.39, 0.29) is 17.4 Å². The van der Waals surface area contributed by atoms with Gasteiger partial charge in [0.2, 0.25) is 5.91 Å². The molecule has 1 aromatic carbocycles. The predicted octanol–water partition coefficient (Wildman–Crippen LogP) is 2.61. The van der Waals surface area contributed by atoms with Gasteiger partial charge in [-0.3, -0.25) is 9.59 Å². The first-order valence-corrected chi connectivity index (χ1v) is 7.92. The molecule has 6 nitrogen and oxygen atoms in total. The number of fused-ring (bicyclic) bond motifs is 2. The fourth-order valence-corrected chi connectivity index (χ4v) is 3.83. The Kier molecular flexibility index (Phi) is 3.97. The highest BCUT2D eigenvalue weighted by atomic mass is 79.9. The molecule has 0 heterocycles. The normalized spacial score (nSPS) is 27.9. The van der Waals surface area contributed by atoms with Gasteiger partial charge in [-0.2, -0.15) is 0 Å². The molecule has 120 valence electrons. The van der Waals surface area contributed by atoms with Crippen LogP contribution in [0.15, 0.2) is 34.8 Å². The van der Waals surface area contributed by atoms with Crippen molar-refractivity contribution in [2.75, 3.05) is 5.32 Å². The van der Waals surface area contributed by atoms with Gasteiger partial charge in [-0.05, 0) is 52.4 Å². The highest BCUT2D eigenvalue weighted by Crippen LogP contribution is 2.48. The molecule has 1 fully saturated rings. The summed E-state index contributed by atoms with van der Waals surface area (Å²) < 4.78 is 0.543. The van der Waals surface area contributed by atoms with E-state index in [2.05, 4.69) is 21.2 Å². The lowest BCUT2D eigenvalue weighted by atomic mass is 9.82.